The van der Waals surface area contributed by atoms with Crippen LogP contribution in [0.15, 0.2) is 46.9 Å². The van der Waals surface area contributed by atoms with Crippen molar-refractivity contribution in [3.8, 4) is 0 Å². The Morgan fingerprint density at radius 2 is 1.95 bits per heavy atom. The molecule has 6 heteroatoms. The molecule has 0 bridgehead atoms. The summed E-state index contributed by atoms with van der Waals surface area (Å²) in [6, 6.07) is 12.1. The zero-order valence-corrected chi connectivity index (χ0v) is 13.3. The third-order valence-electron chi connectivity index (χ3n) is 2.62. The number of carbonyl (C=O) groups excluding carboxylic acids is 1. The number of rotatable bonds is 3. The summed E-state index contributed by atoms with van der Waals surface area (Å²) in [5, 5.41) is 3.18. The highest BCUT2D eigenvalue weighted by Crippen LogP contribution is 2.25. The molecule has 1 amide bonds. The van der Waals surface area contributed by atoms with E-state index in [9.17, 15) is 4.79 Å². The van der Waals surface area contributed by atoms with Crippen LogP contribution in [0, 0.1) is 0 Å². The third-order valence-corrected chi connectivity index (χ3v) is 3.84. The smallest absolute Gasteiger partial charge is 0.257 e. The Bertz CT molecular complexity index is 691. The van der Waals surface area contributed by atoms with Crippen molar-refractivity contribution in [3.05, 3.63) is 63.1 Å². The van der Waals surface area contributed by atoms with Gasteiger partial charge < -0.3 is 11.1 Å². The van der Waals surface area contributed by atoms with Gasteiger partial charge in [0.1, 0.15) is 4.99 Å². The van der Waals surface area contributed by atoms with Gasteiger partial charge in [-0.3, -0.25) is 4.79 Å². The van der Waals surface area contributed by atoms with E-state index in [1.807, 2.05) is 0 Å². The molecule has 0 aliphatic heterocycles. The van der Waals surface area contributed by atoms with Crippen molar-refractivity contribution >= 4 is 56.3 Å². The Kier molecular flexibility index (Phi) is 4.75. The molecule has 0 saturated heterocycles. The second-order valence-electron chi connectivity index (χ2n) is 3.99. The Hall–Kier alpha value is -1.43. The van der Waals surface area contributed by atoms with Crippen LogP contribution in [-0.4, -0.2) is 10.9 Å². The molecule has 0 spiro atoms. The molecule has 2 rings (SSSR count). The Labute approximate surface area is 135 Å². The van der Waals surface area contributed by atoms with E-state index in [0.717, 1.165) is 5.56 Å². The van der Waals surface area contributed by atoms with Gasteiger partial charge in [0.25, 0.3) is 5.91 Å². The van der Waals surface area contributed by atoms with Crippen molar-refractivity contribution in [2.45, 2.75) is 0 Å². The fraction of sp³-hybridized carbons (Fsp3) is 0. The molecule has 0 aliphatic carbocycles. The molecule has 20 heavy (non-hydrogen) atoms. The minimum Gasteiger partial charge on any atom is -0.389 e. The first-order valence-electron chi connectivity index (χ1n) is 5.64. The summed E-state index contributed by atoms with van der Waals surface area (Å²) < 4.78 is 0.697. The van der Waals surface area contributed by atoms with Crippen LogP contribution < -0.4 is 11.1 Å². The Morgan fingerprint density at radius 1 is 1.25 bits per heavy atom. The maximum absolute atomic E-state index is 12.1. The van der Waals surface area contributed by atoms with Crippen molar-refractivity contribution in [2.75, 3.05) is 5.32 Å². The van der Waals surface area contributed by atoms with Gasteiger partial charge in [0.2, 0.25) is 0 Å². The molecule has 0 heterocycles. The van der Waals surface area contributed by atoms with Gasteiger partial charge in [-0.2, -0.15) is 0 Å². The molecule has 0 atom stereocenters. The average Bonchev–Trinajstić information content (AvgIpc) is 2.41. The first-order valence-corrected chi connectivity index (χ1v) is 7.22. The lowest BCUT2D eigenvalue weighted by molar-refractivity contribution is 0.102. The van der Waals surface area contributed by atoms with Crippen LogP contribution >= 0.6 is 39.7 Å². The molecule has 0 unspecified atom stereocenters. The van der Waals surface area contributed by atoms with Crippen LogP contribution in [0.1, 0.15) is 15.9 Å². The van der Waals surface area contributed by atoms with E-state index >= 15 is 0 Å². The molecule has 102 valence electrons. The quantitative estimate of drug-likeness (QED) is 0.804. The van der Waals surface area contributed by atoms with E-state index in [0.29, 0.717) is 25.7 Å². The molecule has 0 radical (unpaired) electrons. The van der Waals surface area contributed by atoms with Crippen molar-refractivity contribution in [3.63, 3.8) is 0 Å². The number of carbonyl (C=O) groups is 1. The zero-order chi connectivity index (χ0) is 14.7. The molecule has 0 fully saturated rings. The van der Waals surface area contributed by atoms with Crippen LogP contribution in [0.25, 0.3) is 0 Å². The summed E-state index contributed by atoms with van der Waals surface area (Å²) >= 11 is 14.3. The summed E-state index contributed by atoms with van der Waals surface area (Å²) in [5.41, 5.74) is 7.31. The van der Waals surface area contributed by atoms with Crippen LogP contribution in [0.4, 0.5) is 5.69 Å². The van der Waals surface area contributed by atoms with Gasteiger partial charge in [0.15, 0.2) is 0 Å². The van der Waals surface area contributed by atoms with E-state index < -0.39 is 0 Å². The van der Waals surface area contributed by atoms with Gasteiger partial charge in [-0.05, 0) is 46.3 Å². The third kappa shape index (κ3) is 3.36. The van der Waals surface area contributed by atoms with Gasteiger partial charge in [-0.1, -0.05) is 36.0 Å². The van der Waals surface area contributed by atoms with Crippen LogP contribution in [0.3, 0.4) is 0 Å². The zero-order valence-electron chi connectivity index (χ0n) is 10.2. The molecule has 0 saturated carbocycles. The maximum atomic E-state index is 12.1. The minimum absolute atomic E-state index is 0.278. The average molecular weight is 370 g/mol. The highest BCUT2D eigenvalue weighted by atomic mass is 79.9. The molecule has 0 aliphatic rings. The lowest BCUT2D eigenvalue weighted by atomic mass is 10.2. The van der Waals surface area contributed by atoms with Crippen LogP contribution in [-0.2, 0) is 0 Å². The van der Waals surface area contributed by atoms with Crippen LogP contribution in [0.5, 0.6) is 0 Å². The van der Waals surface area contributed by atoms with Gasteiger partial charge >= 0.3 is 0 Å². The van der Waals surface area contributed by atoms with Gasteiger partial charge in [-0.15, -0.1) is 0 Å². The first-order chi connectivity index (χ1) is 9.49. The van der Waals surface area contributed by atoms with E-state index in [4.69, 9.17) is 29.6 Å². The summed E-state index contributed by atoms with van der Waals surface area (Å²) in [5.74, 6) is -0.278. The normalized spacial score (nSPS) is 10.1. The fourth-order valence-electron chi connectivity index (χ4n) is 1.60. The predicted molar refractivity (Wildman–Crippen MR) is 89.4 cm³/mol. The van der Waals surface area contributed by atoms with E-state index in [1.54, 1.807) is 42.5 Å². The molecular weight excluding hydrogens is 360 g/mol. The van der Waals surface area contributed by atoms with Crippen molar-refractivity contribution in [1.82, 2.24) is 0 Å². The molecular formula is C14H10BrClN2OS. The van der Waals surface area contributed by atoms with Crippen molar-refractivity contribution < 1.29 is 4.79 Å². The number of anilines is 1. The van der Waals surface area contributed by atoms with Crippen LogP contribution in [0.2, 0.25) is 5.02 Å². The number of hydrogen-bond donors (Lipinski definition) is 2. The fourth-order valence-corrected chi connectivity index (χ4v) is 2.43. The van der Waals surface area contributed by atoms with E-state index in [-0.39, 0.29) is 5.91 Å². The second-order valence-corrected chi connectivity index (χ2v) is 5.69. The minimum atomic E-state index is -0.278. The van der Waals surface area contributed by atoms with Crippen molar-refractivity contribution in [2.24, 2.45) is 5.73 Å². The maximum Gasteiger partial charge on any atom is 0.257 e. The standard InChI is InChI=1S/C14H10BrClN2OS/c15-10-7-8(13(17)20)5-6-12(10)18-14(19)9-3-1-2-4-11(9)16/h1-7H,(H2,17,20)(H,18,19). The summed E-state index contributed by atoms with van der Waals surface area (Å²) in [6.45, 7) is 0. The second kappa shape index (κ2) is 6.35. The molecule has 0 aromatic heterocycles. The highest BCUT2D eigenvalue weighted by Gasteiger charge is 2.11. The largest absolute Gasteiger partial charge is 0.389 e. The topological polar surface area (TPSA) is 55.1 Å². The number of nitrogens with two attached hydrogens (primary N) is 1. The summed E-state index contributed by atoms with van der Waals surface area (Å²) in [4.78, 5) is 12.4. The SMILES string of the molecule is NC(=S)c1ccc(NC(=O)c2ccccc2Cl)c(Br)c1. The van der Waals surface area contributed by atoms with E-state index in [2.05, 4.69) is 21.2 Å². The summed E-state index contributed by atoms with van der Waals surface area (Å²) in [7, 11) is 0. The number of amides is 1. The molecule has 2 aromatic rings. The molecule has 2 aromatic carbocycles. The lowest BCUT2D eigenvalue weighted by Crippen LogP contribution is -2.14. The predicted octanol–water partition coefficient (Wildman–Crippen LogP) is 3.99. The van der Waals surface area contributed by atoms with Gasteiger partial charge in [0.05, 0.1) is 16.3 Å². The Balaban J connectivity index is 2.25. The monoisotopic (exact) mass is 368 g/mol. The van der Waals surface area contributed by atoms with Crippen molar-refractivity contribution in [1.29, 1.82) is 0 Å². The highest BCUT2D eigenvalue weighted by molar-refractivity contribution is 9.10. The van der Waals surface area contributed by atoms with Gasteiger partial charge in [-0.25, -0.2) is 0 Å². The molecule has 3 nitrogen and oxygen atoms in total. The van der Waals surface area contributed by atoms with E-state index in [1.165, 1.54) is 0 Å². The number of thiocarbonyl (C=S) groups is 1. The number of hydrogen-bond acceptors (Lipinski definition) is 2. The number of nitrogens with one attached hydrogen (secondary N) is 1. The lowest BCUT2D eigenvalue weighted by Gasteiger charge is -2.09. The first kappa shape index (κ1) is 15.0. The van der Waals surface area contributed by atoms with Gasteiger partial charge in [0, 0.05) is 10.0 Å². The molecule has 3 N–H and O–H groups in total. The summed E-state index contributed by atoms with van der Waals surface area (Å²) in [6.07, 6.45) is 0. The number of benzene rings is 2. The number of halogens is 2. The Morgan fingerprint density at radius 3 is 2.55 bits per heavy atom.